The van der Waals surface area contributed by atoms with Gasteiger partial charge in [0.2, 0.25) is 0 Å². The van der Waals surface area contributed by atoms with E-state index in [1.54, 1.807) is 10.6 Å². The SMILES string of the molecule is Cc1cn2nc([C@@H]3CCCCN3C(=O)c3c(F)cccc3F)cc2nc1N1C[C@@H](C#N)[C@@H](O)C1. The van der Waals surface area contributed by atoms with E-state index < -0.39 is 41.2 Å². The normalized spacial score (nSPS) is 22.9. The summed E-state index contributed by atoms with van der Waals surface area (Å²) in [5.41, 5.74) is 1.44. The number of carbonyl (C=O) groups is 1. The van der Waals surface area contributed by atoms with Crippen LogP contribution in [0.4, 0.5) is 14.6 Å². The van der Waals surface area contributed by atoms with Crippen molar-refractivity contribution in [2.75, 3.05) is 24.5 Å². The fourth-order valence-corrected chi connectivity index (χ4v) is 4.92. The molecule has 2 aliphatic heterocycles. The predicted molar refractivity (Wildman–Crippen MR) is 119 cm³/mol. The molecule has 2 aliphatic rings. The van der Waals surface area contributed by atoms with Crippen molar-refractivity contribution in [3.05, 3.63) is 58.9 Å². The number of benzene rings is 1. The first kappa shape index (κ1) is 22.2. The van der Waals surface area contributed by atoms with E-state index in [2.05, 4.69) is 11.2 Å². The minimum atomic E-state index is -0.880. The largest absolute Gasteiger partial charge is 0.390 e. The van der Waals surface area contributed by atoms with Crippen molar-refractivity contribution < 1.29 is 18.7 Å². The van der Waals surface area contributed by atoms with Crippen molar-refractivity contribution in [1.29, 1.82) is 5.26 Å². The Morgan fingerprint density at radius 2 is 2.00 bits per heavy atom. The van der Waals surface area contributed by atoms with Gasteiger partial charge in [-0.3, -0.25) is 4.79 Å². The Hall–Kier alpha value is -3.58. The first-order chi connectivity index (χ1) is 16.4. The molecule has 3 aromatic rings. The smallest absolute Gasteiger partial charge is 0.260 e. The lowest BCUT2D eigenvalue weighted by atomic mass is 9.98. The zero-order chi connectivity index (χ0) is 24.0. The monoisotopic (exact) mass is 466 g/mol. The van der Waals surface area contributed by atoms with Crippen LogP contribution in [0.25, 0.3) is 5.65 Å². The molecule has 34 heavy (non-hydrogen) atoms. The number of likely N-dealkylation sites (tertiary alicyclic amines) is 1. The number of fused-ring (bicyclic) bond motifs is 1. The molecule has 2 fully saturated rings. The molecule has 0 aliphatic carbocycles. The maximum atomic E-state index is 14.3. The Morgan fingerprint density at radius 3 is 2.71 bits per heavy atom. The number of halogens is 2. The van der Waals surface area contributed by atoms with Gasteiger partial charge in [-0.2, -0.15) is 10.4 Å². The van der Waals surface area contributed by atoms with E-state index in [0.29, 0.717) is 43.2 Å². The second-order valence-electron chi connectivity index (χ2n) is 8.93. The number of aliphatic hydroxyl groups excluding tert-OH is 1. The van der Waals surface area contributed by atoms with Crippen LogP contribution in [0.3, 0.4) is 0 Å². The number of aryl methyl sites for hydroxylation is 1. The fourth-order valence-electron chi connectivity index (χ4n) is 4.92. The van der Waals surface area contributed by atoms with Gasteiger partial charge in [0.05, 0.1) is 29.8 Å². The number of rotatable bonds is 3. The Balaban J connectivity index is 1.48. The molecule has 1 aromatic carbocycles. The first-order valence-corrected chi connectivity index (χ1v) is 11.3. The van der Waals surface area contributed by atoms with Crippen LogP contribution < -0.4 is 4.90 Å². The summed E-state index contributed by atoms with van der Waals surface area (Å²) in [6.45, 7) is 2.97. The lowest BCUT2D eigenvalue weighted by Crippen LogP contribution is -2.39. The Bertz CT molecular complexity index is 1280. The van der Waals surface area contributed by atoms with Crippen LogP contribution in [0, 0.1) is 35.8 Å². The molecule has 4 heterocycles. The van der Waals surface area contributed by atoms with Gasteiger partial charge < -0.3 is 14.9 Å². The minimum Gasteiger partial charge on any atom is -0.390 e. The Kier molecular flexibility index (Phi) is 5.65. The van der Waals surface area contributed by atoms with Crippen molar-refractivity contribution in [3.8, 4) is 6.07 Å². The zero-order valence-corrected chi connectivity index (χ0v) is 18.7. The molecule has 5 rings (SSSR count). The highest BCUT2D eigenvalue weighted by Gasteiger charge is 2.35. The number of aliphatic hydroxyl groups is 1. The maximum absolute atomic E-state index is 14.3. The fraction of sp³-hybridized carbons (Fsp3) is 0.417. The number of hydrogen-bond donors (Lipinski definition) is 1. The van der Waals surface area contributed by atoms with Gasteiger partial charge in [-0.05, 0) is 38.3 Å². The van der Waals surface area contributed by atoms with E-state index in [1.165, 1.54) is 11.0 Å². The number of anilines is 1. The van der Waals surface area contributed by atoms with Crippen LogP contribution in [0.2, 0.25) is 0 Å². The molecule has 8 nitrogen and oxygen atoms in total. The molecule has 0 spiro atoms. The molecule has 1 N–H and O–H groups in total. The highest BCUT2D eigenvalue weighted by atomic mass is 19.1. The number of β-amino-alcohol motifs (C(OH)–C–C–N with tert-alkyl or cyclic N) is 1. The van der Waals surface area contributed by atoms with Crippen LogP contribution in [-0.2, 0) is 0 Å². The van der Waals surface area contributed by atoms with Gasteiger partial charge in [0.1, 0.15) is 23.0 Å². The third kappa shape index (κ3) is 3.76. The third-order valence-electron chi connectivity index (χ3n) is 6.66. The van der Waals surface area contributed by atoms with Crippen LogP contribution in [-0.4, -0.2) is 56.2 Å². The molecule has 10 heteroatoms. The number of nitrogens with zero attached hydrogens (tertiary/aromatic N) is 6. The van der Waals surface area contributed by atoms with Crippen molar-refractivity contribution in [3.63, 3.8) is 0 Å². The van der Waals surface area contributed by atoms with Gasteiger partial charge in [-0.1, -0.05) is 6.07 Å². The van der Waals surface area contributed by atoms with E-state index in [-0.39, 0.29) is 0 Å². The minimum absolute atomic E-state index is 0.322. The van der Waals surface area contributed by atoms with E-state index in [0.717, 1.165) is 30.5 Å². The van der Waals surface area contributed by atoms with Crippen LogP contribution in [0.5, 0.6) is 0 Å². The van der Waals surface area contributed by atoms with Gasteiger partial charge in [-0.15, -0.1) is 0 Å². The quantitative estimate of drug-likeness (QED) is 0.637. The number of nitriles is 1. The Labute approximate surface area is 195 Å². The molecule has 176 valence electrons. The van der Waals surface area contributed by atoms with Crippen molar-refractivity contribution in [2.45, 2.75) is 38.3 Å². The van der Waals surface area contributed by atoms with E-state index in [1.807, 2.05) is 18.0 Å². The number of hydrogen-bond acceptors (Lipinski definition) is 6. The van der Waals surface area contributed by atoms with Crippen LogP contribution >= 0.6 is 0 Å². The lowest BCUT2D eigenvalue weighted by molar-refractivity contribution is 0.0595. The van der Waals surface area contributed by atoms with Gasteiger partial charge >= 0.3 is 0 Å². The van der Waals surface area contributed by atoms with Crippen molar-refractivity contribution in [2.24, 2.45) is 5.92 Å². The van der Waals surface area contributed by atoms with Crippen LogP contribution in [0.1, 0.15) is 46.9 Å². The van der Waals surface area contributed by atoms with E-state index in [4.69, 9.17) is 4.98 Å². The van der Waals surface area contributed by atoms with Gasteiger partial charge in [0.25, 0.3) is 5.91 Å². The summed E-state index contributed by atoms with van der Waals surface area (Å²) in [6.07, 6.45) is 3.31. The summed E-state index contributed by atoms with van der Waals surface area (Å²) in [7, 11) is 0. The number of piperidine rings is 1. The molecule has 2 saturated heterocycles. The summed E-state index contributed by atoms with van der Waals surface area (Å²) < 4.78 is 30.2. The molecule has 0 radical (unpaired) electrons. The molecule has 0 bridgehead atoms. The molecule has 0 saturated carbocycles. The summed E-state index contributed by atoms with van der Waals surface area (Å²) in [4.78, 5) is 21.2. The number of amides is 1. The summed E-state index contributed by atoms with van der Waals surface area (Å²) >= 11 is 0. The average molecular weight is 466 g/mol. The average Bonchev–Trinajstić information content (AvgIpc) is 3.40. The first-order valence-electron chi connectivity index (χ1n) is 11.3. The van der Waals surface area contributed by atoms with Gasteiger partial charge in [-0.25, -0.2) is 18.3 Å². The third-order valence-corrected chi connectivity index (χ3v) is 6.66. The topological polar surface area (TPSA) is 97.8 Å². The van der Waals surface area contributed by atoms with Crippen molar-refractivity contribution in [1.82, 2.24) is 19.5 Å². The summed E-state index contributed by atoms with van der Waals surface area (Å²) in [5, 5.41) is 24.0. The molecule has 3 atom stereocenters. The molecule has 0 unspecified atom stereocenters. The zero-order valence-electron chi connectivity index (χ0n) is 18.7. The second-order valence-corrected chi connectivity index (χ2v) is 8.93. The highest BCUT2D eigenvalue weighted by molar-refractivity contribution is 5.95. The molecule has 1 amide bonds. The summed E-state index contributed by atoms with van der Waals surface area (Å²) in [5.74, 6) is -2.25. The molecular formula is C24H24F2N6O2. The molecular weight excluding hydrogens is 442 g/mol. The van der Waals surface area contributed by atoms with Gasteiger partial charge in [0, 0.05) is 37.5 Å². The lowest BCUT2D eigenvalue weighted by Gasteiger charge is -2.34. The van der Waals surface area contributed by atoms with Crippen molar-refractivity contribution >= 4 is 17.4 Å². The number of carbonyl (C=O) groups excluding carboxylic acids is 1. The predicted octanol–water partition coefficient (Wildman–Crippen LogP) is 3.00. The maximum Gasteiger partial charge on any atom is 0.260 e. The van der Waals surface area contributed by atoms with E-state index >= 15 is 0 Å². The Morgan fingerprint density at radius 1 is 1.24 bits per heavy atom. The second kappa shape index (κ2) is 8.65. The molecule has 2 aromatic heterocycles. The highest BCUT2D eigenvalue weighted by Crippen LogP contribution is 2.33. The number of aromatic nitrogens is 3. The van der Waals surface area contributed by atoms with Gasteiger partial charge in [0.15, 0.2) is 5.65 Å². The summed E-state index contributed by atoms with van der Waals surface area (Å²) in [6, 6.07) is 6.89. The van der Waals surface area contributed by atoms with Crippen LogP contribution in [0.15, 0.2) is 30.5 Å². The standard InChI is InChI=1S/C24H24F2N6O2/c1-14-11-32-21(28-23(14)30-12-15(10-27)20(33)13-30)9-18(29-32)19-7-2-3-8-31(19)24(34)22-16(25)5-4-6-17(22)26/h4-6,9,11,15,19-20,33H,2-3,7-8,12-13H2,1H3/t15-,19+,20+/m1/s1. The van der Waals surface area contributed by atoms with E-state index in [9.17, 15) is 23.9 Å².